The first kappa shape index (κ1) is 49.6. The van der Waals surface area contributed by atoms with Crippen LogP contribution in [0.4, 0.5) is 9.59 Å². The predicted molar refractivity (Wildman–Crippen MR) is 130 cm³/mol. The molecule has 2 rings (SSSR count). The summed E-state index contributed by atoms with van der Waals surface area (Å²) in [7, 11) is 0. The Morgan fingerprint density at radius 2 is 1.03 bits per heavy atom. The first-order valence-electron chi connectivity index (χ1n) is 8.36. The SMILES string of the molecule is CC(=O)[O-].CC(=O)[O-].NC(=O)N/N=C/c1cccnc1.NC(=O)N/N=C/c1cccnc1.[Co+2].[OH3+].[OH3+].[OH3+].[OH3+]. The first-order valence-corrected chi connectivity index (χ1v) is 8.36. The van der Waals surface area contributed by atoms with Crippen molar-refractivity contribution in [3.8, 4) is 0 Å². The van der Waals surface area contributed by atoms with Crippen LogP contribution in [0.25, 0.3) is 0 Å². The Balaban J connectivity index is -0.0000000685. The van der Waals surface area contributed by atoms with E-state index in [0.717, 1.165) is 25.0 Å². The maximum Gasteiger partial charge on any atom is 2.00 e. The molecule has 0 fully saturated rings. The Morgan fingerprint density at radius 1 is 0.757 bits per heavy atom. The first-order chi connectivity index (χ1) is 15.0. The quantitative estimate of drug-likeness (QED) is 0.152. The molecule has 0 saturated heterocycles. The number of hydrogen-bond acceptors (Lipinski definition) is 10. The molecule has 0 spiro atoms. The number of carbonyl (C=O) groups is 4. The van der Waals surface area contributed by atoms with Crippen molar-refractivity contribution in [2.45, 2.75) is 13.8 Å². The van der Waals surface area contributed by atoms with Crippen LogP contribution in [0.1, 0.15) is 25.0 Å². The van der Waals surface area contributed by atoms with Gasteiger partial charge in [0.25, 0.3) is 0 Å². The van der Waals surface area contributed by atoms with Crippen LogP contribution in [0.5, 0.6) is 0 Å². The number of pyridine rings is 2. The minimum atomic E-state index is -1.08. The summed E-state index contributed by atoms with van der Waals surface area (Å²) in [5.74, 6) is -2.17. The van der Waals surface area contributed by atoms with Crippen LogP contribution >= 0.6 is 0 Å². The average molecular weight is 581 g/mol. The number of carboxylic acids is 2. The maximum absolute atomic E-state index is 10.2. The van der Waals surface area contributed by atoms with Crippen LogP contribution in [0.15, 0.2) is 59.3 Å². The molecule has 0 aromatic carbocycles. The molecule has 0 unspecified atom stereocenters. The van der Waals surface area contributed by atoms with Crippen molar-refractivity contribution >= 4 is 36.4 Å². The van der Waals surface area contributed by atoms with Crippen molar-refractivity contribution in [2.75, 3.05) is 0 Å². The fraction of sp³-hybridized carbons (Fsp3) is 0.111. The van der Waals surface area contributed by atoms with Crippen LogP contribution in [-0.4, -0.2) is 46.4 Å². The number of aliphatic carboxylic acids is 2. The predicted octanol–water partition coefficient (Wildman–Crippen LogP) is -6.01. The van der Waals surface area contributed by atoms with E-state index in [1.807, 2.05) is 0 Å². The summed E-state index contributed by atoms with van der Waals surface area (Å²) in [4.78, 5) is 45.8. The van der Waals surface area contributed by atoms with Gasteiger partial charge in [-0.3, -0.25) is 9.97 Å². The fourth-order valence-electron chi connectivity index (χ4n) is 1.25. The maximum atomic E-state index is 10.2. The Labute approximate surface area is 221 Å². The molecule has 0 aliphatic rings. The molecule has 18 nitrogen and oxygen atoms in total. The molecule has 211 valence electrons. The van der Waals surface area contributed by atoms with Gasteiger partial charge < -0.3 is 53.2 Å². The Morgan fingerprint density at radius 3 is 1.22 bits per heavy atom. The number of aromatic nitrogens is 2. The number of hydrogen-bond donors (Lipinski definition) is 4. The Kier molecular flexibility index (Phi) is 45.1. The molecule has 1 radical (unpaired) electrons. The van der Waals surface area contributed by atoms with Gasteiger partial charge in [-0.05, 0) is 26.0 Å². The Bertz CT molecular complexity index is 809. The second-order valence-electron chi connectivity index (χ2n) is 5.02. The molecule has 4 amide bonds. The molecule has 18 N–H and O–H groups in total. The minimum Gasteiger partial charge on any atom is -0.550 e. The zero-order valence-electron chi connectivity index (χ0n) is 19.8. The molecule has 0 saturated carbocycles. The number of primary amides is 2. The summed E-state index contributed by atoms with van der Waals surface area (Å²) in [6.45, 7) is 1.94. The Hall–Kier alpha value is -4.53. The average Bonchev–Trinajstić information content (AvgIpc) is 2.69. The number of hydrazone groups is 2. The topological polar surface area (TPSA) is 373 Å². The summed E-state index contributed by atoms with van der Waals surface area (Å²) in [5.41, 5.74) is 15.3. The van der Waals surface area contributed by atoms with Crippen LogP contribution in [-0.2, 0) is 48.3 Å². The molecular formula is C18H34CoN8O10+4. The number of rotatable bonds is 4. The number of nitrogens with two attached hydrogens (primary N) is 2. The smallest absolute Gasteiger partial charge is 0.550 e. The molecule has 19 heteroatoms. The molecule has 37 heavy (non-hydrogen) atoms. The molecule has 0 aliphatic carbocycles. The van der Waals surface area contributed by atoms with Crippen molar-refractivity contribution in [1.29, 1.82) is 0 Å². The van der Waals surface area contributed by atoms with Gasteiger partial charge in [-0.1, -0.05) is 12.1 Å². The number of nitrogens with one attached hydrogen (secondary N) is 2. The van der Waals surface area contributed by atoms with Gasteiger partial charge in [0.15, 0.2) is 0 Å². The number of carboxylic acid groups (broad SMARTS) is 2. The van der Waals surface area contributed by atoms with Crippen molar-refractivity contribution < 1.29 is 68.1 Å². The third kappa shape index (κ3) is 49.6. The van der Waals surface area contributed by atoms with Crippen molar-refractivity contribution in [1.82, 2.24) is 20.8 Å². The van der Waals surface area contributed by atoms with E-state index in [4.69, 9.17) is 31.3 Å². The van der Waals surface area contributed by atoms with E-state index >= 15 is 0 Å². The molecule has 0 atom stereocenters. The number of urea groups is 2. The van der Waals surface area contributed by atoms with Gasteiger partial charge in [-0.15, -0.1) is 0 Å². The van der Waals surface area contributed by atoms with Crippen LogP contribution in [0.3, 0.4) is 0 Å². The van der Waals surface area contributed by atoms with E-state index in [2.05, 4.69) is 31.0 Å². The van der Waals surface area contributed by atoms with Gasteiger partial charge in [0, 0.05) is 47.9 Å². The molecule has 2 aromatic heterocycles. The number of carbonyl (C=O) groups excluding carboxylic acids is 4. The van der Waals surface area contributed by atoms with Crippen LogP contribution in [0.2, 0.25) is 0 Å². The summed E-state index contributed by atoms with van der Waals surface area (Å²) in [6.07, 6.45) is 9.45. The third-order valence-electron chi connectivity index (χ3n) is 2.15. The minimum absolute atomic E-state index is 0. The molecule has 0 aliphatic heterocycles. The van der Waals surface area contributed by atoms with Crippen molar-refractivity contribution in [3.63, 3.8) is 0 Å². The van der Waals surface area contributed by atoms with E-state index in [-0.39, 0.29) is 38.7 Å². The van der Waals surface area contributed by atoms with E-state index < -0.39 is 24.0 Å². The van der Waals surface area contributed by atoms with Crippen molar-refractivity contribution in [3.05, 3.63) is 60.2 Å². The van der Waals surface area contributed by atoms with Gasteiger partial charge in [0.1, 0.15) is 0 Å². The van der Waals surface area contributed by atoms with Gasteiger partial charge in [0.05, 0.1) is 12.4 Å². The number of nitrogens with zero attached hydrogens (tertiary/aromatic N) is 4. The van der Waals surface area contributed by atoms with Gasteiger partial charge in [-0.25, -0.2) is 20.4 Å². The summed E-state index contributed by atoms with van der Waals surface area (Å²) in [6, 6.07) is 5.78. The standard InChI is InChI=1S/2C7H8N4O.2C2H4O2.Co.4H2O/c2*8-7(12)11-10-5-6-2-1-3-9-4-6;2*1-2(3)4;;;;;/h2*1-5H,(H3,8,11,12);2*1H3,(H,3,4);;4*1H2/q;;;;+2;;;;/p+2/b2*10-5+;;;;;;;. The van der Waals surface area contributed by atoms with Crippen LogP contribution in [0, 0.1) is 0 Å². The van der Waals surface area contributed by atoms with E-state index in [0.29, 0.717) is 0 Å². The molecular weight excluding hydrogens is 547 g/mol. The summed E-state index contributed by atoms with van der Waals surface area (Å²) < 4.78 is 0. The zero-order valence-corrected chi connectivity index (χ0v) is 20.9. The second-order valence-corrected chi connectivity index (χ2v) is 5.02. The fourth-order valence-corrected chi connectivity index (χ4v) is 1.25. The van der Waals surface area contributed by atoms with E-state index in [1.54, 1.807) is 49.1 Å². The van der Waals surface area contributed by atoms with Gasteiger partial charge >= 0.3 is 28.8 Å². The normalized spacial score (nSPS) is 7.84. The van der Waals surface area contributed by atoms with Gasteiger partial charge in [-0.2, -0.15) is 10.2 Å². The second kappa shape index (κ2) is 33.6. The number of amides is 4. The van der Waals surface area contributed by atoms with Crippen molar-refractivity contribution in [2.24, 2.45) is 21.7 Å². The molecule has 0 bridgehead atoms. The van der Waals surface area contributed by atoms with Crippen LogP contribution < -0.4 is 32.5 Å². The third-order valence-corrected chi connectivity index (χ3v) is 2.15. The van der Waals surface area contributed by atoms with E-state index in [1.165, 1.54) is 12.4 Å². The molecule has 2 aromatic rings. The molecule has 2 heterocycles. The monoisotopic (exact) mass is 581 g/mol. The summed E-state index contributed by atoms with van der Waals surface area (Å²) >= 11 is 0. The van der Waals surface area contributed by atoms with E-state index in [9.17, 15) is 9.59 Å². The summed E-state index contributed by atoms with van der Waals surface area (Å²) in [5, 5.41) is 24.9. The zero-order chi connectivity index (χ0) is 24.8. The largest absolute Gasteiger partial charge is 2.00 e. The van der Waals surface area contributed by atoms with Gasteiger partial charge in [0.2, 0.25) is 0 Å².